The molecule has 0 bridgehead atoms. The molecule has 0 spiro atoms. The molecule has 0 fully saturated rings. The van der Waals surface area contributed by atoms with Crippen LogP contribution < -0.4 is 10.1 Å². The molecule has 2 aromatic rings. The second kappa shape index (κ2) is 7.29. The number of ether oxygens (including phenoxy) is 1. The summed E-state index contributed by atoms with van der Waals surface area (Å²) in [6.07, 6.45) is 0. The molecule has 2 aromatic carbocycles. The van der Waals surface area contributed by atoms with E-state index in [1.807, 2.05) is 25.2 Å². The lowest BCUT2D eigenvalue weighted by Crippen LogP contribution is -2.13. The highest BCUT2D eigenvalue weighted by molar-refractivity contribution is 14.1. The quantitative estimate of drug-likeness (QED) is 0.726. The van der Waals surface area contributed by atoms with Gasteiger partial charge in [-0.25, -0.2) is 0 Å². The van der Waals surface area contributed by atoms with E-state index < -0.39 is 0 Å². The van der Waals surface area contributed by atoms with Crippen LogP contribution in [-0.4, -0.2) is 7.05 Å². The van der Waals surface area contributed by atoms with Crippen LogP contribution in [0, 0.1) is 3.57 Å². The van der Waals surface area contributed by atoms with Crippen molar-refractivity contribution in [3.63, 3.8) is 0 Å². The SMILES string of the molecule is CNC(C)c1cc(Cl)ccc1OCc1ccc(I)cc1. The van der Waals surface area contributed by atoms with Crippen molar-refractivity contribution in [3.05, 3.63) is 62.2 Å². The summed E-state index contributed by atoms with van der Waals surface area (Å²) in [6.45, 7) is 2.64. The highest BCUT2D eigenvalue weighted by atomic mass is 127. The summed E-state index contributed by atoms with van der Waals surface area (Å²) in [4.78, 5) is 0. The number of hydrogen-bond donors (Lipinski definition) is 1. The van der Waals surface area contributed by atoms with E-state index in [1.54, 1.807) is 0 Å². The fourth-order valence-electron chi connectivity index (χ4n) is 1.89. The average molecular weight is 402 g/mol. The summed E-state index contributed by atoms with van der Waals surface area (Å²) in [5, 5.41) is 3.94. The monoisotopic (exact) mass is 401 g/mol. The normalized spacial score (nSPS) is 12.2. The number of hydrogen-bond acceptors (Lipinski definition) is 2. The van der Waals surface area contributed by atoms with E-state index in [0.29, 0.717) is 6.61 Å². The fraction of sp³-hybridized carbons (Fsp3) is 0.250. The molecule has 2 rings (SSSR count). The Morgan fingerprint density at radius 1 is 1.20 bits per heavy atom. The van der Waals surface area contributed by atoms with Crippen LogP contribution in [0.5, 0.6) is 5.75 Å². The van der Waals surface area contributed by atoms with E-state index in [9.17, 15) is 0 Å². The van der Waals surface area contributed by atoms with Gasteiger partial charge in [-0.15, -0.1) is 0 Å². The maximum Gasteiger partial charge on any atom is 0.124 e. The Bertz CT molecular complexity index is 571. The van der Waals surface area contributed by atoms with Crippen molar-refractivity contribution < 1.29 is 4.74 Å². The molecule has 1 unspecified atom stereocenters. The van der Waals surface area contributed by atoms with Gasteiger partial charge in [0.15, 0.2) is 0 Å². The Kier molecular flexibility index (Phi) is 5.69. The first kappa shape index (κ1) is 15.6. The molecular formula is C16H17ClINO. The molecule has 0 aliphatic rings. The van der Waals surface area contributed by atoms with Gasteiger partial charge in [-0.3, -0.25) is 0 Å². The van der Waals surface area contributed by atoms with E-state index in [4.69, 9.17) is 16.3 Å². The van der Waals surface area contributed by atoms with Crippen LogP contribution in [-0.2, 0) is 6.61 Å². The van der Waals surface area contributed by atoms with Gasteiger partial charge in [0.2, 0.25) is 0 Å². The van der Waals surface area contributed by atoms with Crippen molar-refractivity contribution >= 4 is 34.2 Å². The molecule has 0 saturated carbocycles. The Morgan fingerprint density at radius 2 is 1.90 bits per heavy atom. The van der Waals surface area contributed by atoms with E-state index in [-0.39, 0.29) is 6.04 Å². The average Bonchev–Trinajstić information content (AvgIpc) is 2.46. The molecule has 0 radical (unpaired) electrons. The zero-order chi connectivity index (χ0) is 14.5. The Balaban J connectivity index is 2.14. The van der Waals surface area contributed by atoms with Crippen LogP contribution in [0.1, 0.15) is 24.1 Å². The molecule has 0 heterocycles. The molecule has 0 aliphatic heterocycles. The van der Waals surface area contributed by atoms with Crippen LogP contribution in [0.3, 0.4) is 0 Å². The van der Waals surface area contributed by atoms with Crippen LogP contribution >= 0.6 is 34.2 Å². The molecule has 20 heavy (non-hydrogen) atoms. The summed E-state index contributed by atoms with van der Waals surface area (Å²) in [7, 11) is 1.93. The van der Waals surface area contributed by atoms with E-state index in [0.717, 1.165) is 21.9 Å². The van der Waals surface area contributed by atoms with Crippen LogP contribution in [0.25, 0.3) is 0 Å². The Labute approximate surface area is 138 Å². The topological polar surface area (TPSA) is 21.3 Å². The smallest absolute Gasteiger partial charge is 0.124 e. The maximum atomic E-state index is 6.07. The van der Waals surface area contributed by atoms with Gasteiger partial charge in [0.25, 0.3) is 0 Å². The first-order valence-corrected chi connectivity index (χ1v) is 7.90. The standard InChI is InChI=1S/C16H17ClINO/c1-11(19-2)15-9-13(17)5-8-16(15)20-10-12-3-6-14(18)7-4-12/h3-9,11,19H,10H2,1-2H3. The lowest BCUT2D eigenvalue weighted by atomic mass is 10.1. The largest absolute Gasteiger partial charge is 0.489 e. The lowest BCUT2D eigenvalue weighted by Gasteiger charge is -2.17. The summed E-state index contributed by atoms with van der Waals surface area (Å²) >= 11 is 8.36. The highest BCUT2D eigenvalue weighted by Gasteiger charge is 2.11. The molecule has 106 valence electrons. The van der Waals surface area contributed by atoms with E-state index in [2.05, 4.69) is 59.1 Å². The third-order valence-corrected chi connectivity index (χ3v) is 4.13. The number of benzene rings is 2. The van der Waals surface area contributed by atoms with Gasteiger partial charge in [-0.05, 0) is 72.5 Å². The number of nitrogens with one attached hydrogen (secondary N) is 1. The third kappa shape index (κ3) is 4.11. The Hall–Kier alpha value is -0.780. The number of rotatable bonds is 5. The summed E-state index contributed by atoms with van der Waals surface area (Å²) in [6, 6.07) is 14.3. The summed E-state index contributed by atoms with van der Waals surface area (Å²) < 4.78 is 7.16. The van der Waals surface area contributed by atoms with Crippen molar-refractivity contribution in [3.8, 4) is 5.75 Å². The minimum Gasteiger partial charge on any atom is -0.489 e. The second-order valence-electron chi connectivity index (χ2n) is 4.61. The molecular weight excluding hydrogens is 385 g/mol. The maximum absolute atomic E-state index is 6.07. The Morgan fingerprint density at radius 3 is 2.55 bits per heavy atom. The summed E-state index contributed by atoms with van der Waals surface area (Å²) in [5.41, 5.74) is 2.23. The van der Waals surface area contributed by atoms with Gasteiger partial charge in [0.05, 0.1) is 0 Å². The van der Waals surface area contributed by atoms with Crippen molar-refractivity contribution in [2.45, 2.75) is 19.6 Å². The van der Waals surface area contributed by atoms with Crippen molar-refractivity contribution in [1.82, 2.24) is 5.32 Å². The zero-order valence-electron chi connectivity index (χ0n) is 11.5. The van der Waals surface area contributed by atoms with Gasteiger partial charge in [0, 0.05) is 20.2 Å². The molecule has 0 saturated heterocycles. The van der Waals surface area contributed by atoms with Crippen LogP contribution in [0.15, 0.2) is 42.5 Å². The van der Waals surface area contributed by atoms with Crippen LogP contribution in [0.4, 0.5) is 0 Å². The summed E-state index contributed by atoms with van der Waals surface area (Å²) in [5.74, 6) is 0.870. The van der Waals surface area contributed by atoms with Crippen molar-refractivity contribution in [2.75, 3.05) is 7.05 Å². The predicted molar refractivity (Wildman–Crippen MR) is 92.4 cm³/mol. The van der Waals surface area contributed by atoms with E-state index in [1.165, 1.54) is 3.57 Å². The molecule has 4 heteroatoms. The first-order chi connectivity index (χ1) is 9.60. The van der Waals surface area contributed by atoms with Crippen molar-refractivity contribution in [1.29, 1.82) is 0 Å². The first-order valence-electron chi connectivity index (χ1n) is 6.44. The van der Waals surface area contributed by atoms with Gasteiger partial charge in [-0.1, -0.05) is 23.7 Å². The van der Waals surface area contributed by atoms with Gasteiger partial charge in [-0.2, -0.15) is 0 Å². The highest BCUT2D eigenvalue weighted by Crippen LogP contribution is 2.28. The van der Waals surface area contributed by atoms with Crippen LogP contribution in [0.2, 0.25) is 5.02 Å². The predicted octanol–water partition coefficient (Wildman–Crippen LogP) is 4.80. The zero-order valence-corrected chi connectivity index (χ0v) is 14.4. The second-order valence-corrected chi connectivity index (χ2v) is 6.29. The van der Waals surface area contributed by atoms with Crippen molar-refractivity contribution in [2.24, 2.45) is 0 Å². The minimum atomic E-state index is 0.195. The van der Waals surface area contributed by atoms with Gasteiger partial charge in [0.1, 0.15) is 12.4 Å². The molecule has 0 aliphatic carbocycles. The molecule has 2 nitrogen and oxygen atoms in total. The van der Waals surface area contributed by atoms with Gasteiger partial charge < -0.3 is 10.1 Å². The molecule has 1 N–H and O–H groups in total. The minimum absolute atomic E-state index is 0.195. The van der Waals surface area contributed by atoms with E-state index >= 15 is 0 Å². The fourth-order valence-corrected chi connectivity index (χ4v) is 2.43. The lowest BCUT2D eigenvalue weighted by molar-refractivity contribution is 0.300. The molecule has 0 amide bonds. The van der Waals surface area contributed by atoms with Gasteiger partial charge >= 0.3 is 0 Å². The third-order valence-electron chi connectivity index (χ3n) is 3.18. The number of halogens is 2. The molecule has 0 aromatic heterocycles. The molecule has 1 atom stereocenters.